The van der Waals surface area contributed by atoms with Gasteiger partial charge >= 0.3 is 6.18 Å². The summed E-state index contributed by atoms with van der Waals surface area (Å²) >= 11 is 0. The van der Waals surface area contributed by atoms with Crippen LogP contribution in [0.5, 0.6) is 0 Å². The zero-order valence-electron chi connectivity index (χ0n) is 14.8. The van der Waals surface area contributed by atoms with Crippen LogP contribution in [0.2, 0.25) is 0 Å². The van der Waals surface area contributed by atoms with E-state index in [4.69, 9.17) is 0 Å². The number of carbonyl (C=O) groups excluding carboxylic acids is 1. The third-order valence-electron chi connectivity index (χ3n) is 4.82. The van der Waals surface area contributed by atoms with Crippen LogP contribution in [0.3, 0.4) is 0 Å². The summed E-state index contributed by atoms with van der Waals surface area (Å²) in [6, 6.07) is 6.77. The maximum Gasteiger partial charge on any atom is 0.433 e. The van der Waals surface area contributed by atoms with Crippen molar-refractivity contribution in [2.75, 3.05) is 6.54 Å². The summed E-state index contributed by atoms with van der Waals surface area (Å²) in [5.41, 5.74) is 0.221. The fraction of sp³-hybridized carbons (Fsp3) is 0.400. The van der Waals surface area contributed by atoms with Gasteiger partial charge in [0.2, 0.25) is 0 Å². The first-order valence-corrected chi connectivity index (χ1v) is 8.82. The molecule has 1 unspecified atom stereocenters. The first-order valence-electron chi connectivity index (χ1n) is 8.82. The number of amides is 1. The maximum absolute atomic E-state index is 13.9. The number of halogens is 4. The number of aryl methyl sites for hydroxylation is 1. The van der Waals surface area contributed by atoms with E-state index in [0.29, 0.717) is 17.0 Å². The van der Waals surface area contributed by atoms with Gasteiger partial charge in [-0.15, -0.1) is 0 Å². The molecule has 0 spiro atoms. The van der Waals surface area contributed by atoms with Gasteiger partial charge in [-0.3, -0.25) is 9.78 Å². The summed E-state index contributed by atoms with van der Waals surface area (Å²) in [4.78, 5) is 15.9. The van der Waals surface area contributed by atoms with Gasteiger partial charge in [-0.05, 0) is 42.5 Å². The Kier molecular flexibility index (Phi) is 5.48. The van der Waals surface area contributed by atoms with E-state index in [1.807, 2.05) is 0 Å². The Bertz CT molecular complexity index is 793. The highest BCUT2D eigenvalue weighted by Crippen LogP contribution is 2.38. The Labute approximate surface area is 154 Å². The molecule has 0 aliphatic heterocycles. The lowest BCUT2D eigenvalue weighted by Gasteiger charge is -2.19. The second-order valence-electron chi connectivity index (χ2n) is 6.99. The van der Waals surface area contributed by atoms with Gasteiger partial charge in [-0.2, -0.15) is 13.2 Å². The molecule has 1 aliphatic carbocycles. The Balaban J connectivity index is 1.73. The monoisotopic (exact) mass is 380 g/mol. The smallest absolute Gasteiger partial charge is 0.351 e. The van der Waals surface area contributed by atoms with Gasteiger partial charge in [0.1, 0.15) is 11.5 Å². The van der Waals surface area contributed by atoms with Gasteiger partial charge in [0, 0.05) is 18.7 Å². The second-order valence-corrected chi connectivity index (χ2v) is 6.99. The van der Waals surface area contributed by atoms with Crippen LogP contribution >= 0.6 is 0 Å². The van der Waals surface area contributed by atoms with Crippen molar-refractivity contribution in [3.05, 3.63) is 64.7 Å². The van der Waals surface area contributed by atoms with Gasteiger partial charge in [0.05, 0.1) is 5.56 Å². The number of benzene rings is 1. The Morgan fingerprint density at radius 1 is 1.26 bits per heavy atom. The predicted octanol–water partition coefficient (Wildman–Crippen LogP) is 4.86. The normalized spacial score (nSPS) is 15.4. The van der Waals surface area contributed by atoms with Crippen LogP contribution in [0.4, 0.5) is 17.6 Å². The molecular formula is C20H20F4N2O. The largest absolute Gasteiger partial charge is 0.433 e. The average molecular weight is 380 g/mol. The van der Waals surface area contributed by atoms with E-state index in [-0.39, 0.29) is 18.0 Å². The van der Waals surface area contributed by atoms with Crippen molar-refractivity contribution in [2.24, 2.45) is 5.92 Å². The molecule has 1 N–H and O–H groups in total. The number of aromatic nitrogens is 1. The lowest BCUT2D eigenvalue weighted by Crippen LogP contribution is -2.30. The highest BCUT2D eigenvalue weighted by atomic mass is 19.4. The van der Waals surface area contributed by atoms with Crippen LogP contribution in [0.15, 0.2) is 36.5 Å². The van der Waals surface area contributed by atoms with Crippen molar-refractivity contribution in [1.29, 1.82) is 0 Å². The first-order chi connectivity index (χ1) is 12.8. The highest BCUT2D eigenvalue weighted by molar-refractivity contribution is 5.95. The minimum absolute atomic E-state index is 0.00628. The molecule has 2 aromatic rings. The molecule has 0 bridgehead atoms. The molecule has 1 heterocycles. The second kappa shape index (κ2) is 7.66. The molecule has 1 aliphatic rings. The van der Waals surface area contributed by atoms with Crippen molar-refractivity contribution in [2.45, 2.75) is 38.3 Å². The molecule has 144 valence electrons. The van der Waals surface area contributed by atoms with E-state index in [9.17, 15) is 22.4 Å². The third kappa shape index (κ3) is 4.84. The van der Waals surface area contributed by atoms with Crippen LogP contribution < -0.4 is 5.32 Å². The number of nitrogens with one attached hydrogen (secondary N) is 1. The summed E-state index contributed by atoms with van der Waals surface area (Å²) in [5.74, 6) is -0.776. The molecule has 3 nitrogen and oxygen atoms in total. The van der Waals surface area contributed by atoms with Crippen molar-refractivity contribution >= 4 is 5.91 Å². The van der Waals surface area contributed by atoms with Crippen LogP contribution in [0.1, 0.15) is 52.4 Å². The predicted molar refractivity (Wildman–Crippen MR) is 92.8 cm³/mol. The number of hydrogen-bond acceptors (Lipinski definition) is 2. The van der Waals surface area contributed by atoms with Gasteiger partial charge in [0.25, 0.3) is 5.91 Å². The number of pyridine rings is 1. The Hall–Kier alpha value is -2.44. The third-order valence-corrected chi connectivity index (χ3v) is 4.82. The van der Waals surface area contributed by atoms with Crippen molar-refractivity contribution in [1.82, 2.24) is 10.3 Å². The van der Waals surface area contributed by atoms with Crippen LogP contribution in [0.25, 0.3) is 0 Å². The number of hydrogen-bond donors (Lipinski definition) is 1. The number of rotatable bonds is 6. The summed E-state index contributed by atoms with van der Waals surface area (Å²) in [6.45, 7) is 1.87. The standard InChI is InChI=1S/C20H20F4N2O/c1-12-3-2-4-16(21)18(12)19(27)26-11-15(9-13-5-6-13)14-7-8-17(25-10-14)20(22,23)24/h2-4,7-8,10,13,15H,5-6,9,11H2,1H3,(H,26,27). The van der Waals surface area contributed by atoms with E-state index < -0.39 is 23.6 Å². The van der Waals surface area contributed by atoms with Crippen LogP contribution in [-0.4, -0.2) is 17.4 Å². The van der Waals surface area contributed by atoms with Gasteiger partial charge < -0.3 is 5.32 Å². The lowest BCUT2D eigenvalue weighted by molar-refractivity contribution is -0.141. The molecule has 0 radical (unpaired) electrons. The Morgan fingerprint density at radius 3 is 2.56 bits per heavy atom. The van der Waals surface area contributed by atoms with Crippen molar-refractivity contribution in [3.63, 3.8) is 0 Å². The molecule has 1 amide bonds. The van der Waals surface area contributed by atoms with Gasteiger partial charge in [-0.1, -0.05) is 31.0 Å². The first kappa shape index (κ1) is 19.3. The molecule has 1 atom stereocenters. The molecule has 1 aromatic heterocycles. The van der Waals surface area contributed by atoms with E-state index in [2.05, 4.69) is 10.3 Å². The Morgan fingerprint density at radius 2 is 2.00 bits per heavy atom. The molecule has 7 heteroatoms. The molecule has 1 fully saturated rings. The minimum atomic E-state index is -4.49. The zero-order valence-corrected chi connectivity index (χ0v) is 14.8. The van der Waals surface area contributed by atoms with E-state index in [0.717, 1.165) is 25.3 Å². The van der Waals surface area contributed by atoms with E-state index in [1.165, 1.54) is 24.4 Å². The number of alkyl halides is 3. The van der Waals surface area contributed by atoms with E-state index >= 15 is 0 Å². The SMILES string of the molecule is Cc1cccc(F)c1C(=O)NCC(CC1CC1)c1ccc(C(F)(F)F)nc1. The number of carbonyl (C=O) groups is 1. The lowest BCUT2D eigenvalue weighted by atomic mass is 9.94. The van der Waals surface area contributed by atoms with Crippen LogP contribution in [0, 0.1) is 18.7 Å². The fourth-order valence-electron chi connectivity index (χ4n) is 3.13. The maximum atomic E-state index is 13.9. The summed E-state index contributed by atoms with van der Waals surface area (Å²) in [6.07, 6.45) is -0.364. The minimum Gasteiger partial charge on any atom is -0.351 e. The summed E-state index contributed by atoms with van der Waals surface area (Å²) < 4.78 is 52.1. The van der Waals surface area contributed by atoms with E-state index in [1.54, 1.807) is 13.0 Å². The number of nitrogens with zero attached hydrogens (tertiary/aromatic N) is 1. The average Bonchev–Trinajstić information content (AvgIpc) is 3.42. The molecule has 1 saturated carbocycles. The van der Waals surface area contributed by atoms with Crippen LogP contribution in [-0.2, 0) is 6.18 Å². The molecule has 3 rings (SSSR count). The quantitative estimate of drug-likeness (QED) is 0.727. The molecular weight excluding hydrogens is 360 g/mol. The fourth-order valence-corrected chi connectivity index (χ4v) is 3.13. The van der Waals surface area contributed by atoms with Gasteiger partial charge in [0.15, 0.2) is 0 Å². The van der Waals surface area contributed by atoms with Crippen molar-refractivity contribution in [3.8, 4) is 0 Å². The summed E-state index contributed by atoms with van der Waals surface area (Å²) in [5, 5.41) is 2.73. The molecule has 27 heavy (non-hydrogen) atoms. The summed E-state index contributed by atoms with van der Waals surface area (Å²) in [7, 11) is 0. The highest BCUT2D eigenvalue weighted by Gasteiger charge is 2.33. The zero-order chi connectivity index (χ0) is 19.6. The van der Waals surface area contributed by atoms with Crippen molar-refractivity contribution < 1.29 is 22.4 Å². The molecule has 1 aromatic carbocycles. The topological polar surface area (TPSA) is 42.0 Å². The van der Waals surface area contributed by atoms with Gasteiger partial charge in [-0.25, -0.2) is 4.39 Å². The molecule has 0 saturated heterocycles.